The number of rotatable bonds is 2. The number of halogens is 1. The minimum absolute atomic E-state index is 0.243. The monoisotopic (exact) mass is 257 g/mol. The molecule has 1 heterocycles. The molecule has 0 amide bonds. The van der Waals surface area contributed by atoms with E-state index in [4.69, 9.17) is 0 Å². The lowest BCUT2D eigenvalue weighted by Crippen LogP contribution is -2.33. The normalized spacial score (nSPS) is 19.2. The summed E-state index contributed by atoms with van der Waals surface area (Å²) >= 11 is 0. The van der Waals surface area contributed by atoms with Gasteiger partial charge in [-0.1, -0.05) is 36.4 Å². The minimum Gasteiger partial charge on any atom is -0.387 e. The Hall–Kier alpha value is -1.71. The highest BCUT2D eigenvalue weighted by atomic mass is 19.1. The summed E-state index contributed by atoms with van der Waals surface area (Å²) in [7, 11) is 0. The van der Waals surface area contributed by atoms with Crippen molar-refractivity contribution in [3.63, 3.8) is 0 Å². The fourth-order valence-electron chi connectivity index (χ4n) is 2.65. The van der Waals surface area contributed by atoms with Gasteiger partial charge in [0.2, 0.25) is 0 Å². The third kappa shape index (κ3) is 2.67. The molecule has 1 atom stereocenters. The standard InChI is InChI=1S/C16H16FNO/c17-14-6-7-15-13(8-14)10-18(11-16(15)19)9-12-4-2-1-3-5-12/h1-8,16,19H,9-11H2. The molecule has 1 unspecified atom stereocenters. The Morgan fingerprint density at radius 3 is 2.74 bits per heavy atom. The van der Waals surface area contributed by atoms with Crippen LogP contribution in [0.3, 0.4) is 0 Å². The molecule has 2 nitrogen and oxygen atoms in total. The molecule has 1 N–H and O–H groups in total. The molecule has 0 bridgehead atoms. The molecule has 0 aromatic heterocycles. The molecule has 98 valence electrons. The van der Waals surface area contributed by atoms with E-state index in [1.54, 1.807) is 6.07 Å². The number of β-amino-alcohol motifs (C(OH)–C–C–N with tert-alkyl or cyclic N) is 1. The second-order valence-corrected chi connectivity index (χ2v) is 5.01. The van der Waals surface area contributed by atoms with Crippen LogP contribution in [0.25, 0.3) is 0 Å². The van der Waals surface area contributed by atoms with Crippen molar-refractivity contribution >= 4 is 0 Å². The lowest BCUT2D eigenvalue weighted by Gasteiger charge is -2.32. The van der Waals surface area contributed by atoms with Crippen molar-refractivity contribution in [2.45, 2.75) is 19.2 Å². The average Bonchev–Trinajstić information content (AvgIpc) is 2.39. The van der Waals surface area contributed by atoms with E-state index < -0.39 is 6.10 Å². The highest BCUT2D eigenvalue weighted by Gasteiger charge is 2.23. The highest BCUT2D eigenvalue weighted by Crippen LogP contribution is 2.27. The molecular weight excluding hydrogens is 241 g/mol. The van der Waals surface area contributed by atoms with Crippen LogP contribution >= 0.6 is 0 Å². The Kier molecular flexibility index (Phi) is 3.32. The van der Waals surface area contributed by atoms with E-state index >= 15 is 0 Å². The van der Waals surface area contributed by atoms with Crippen LogP contribution in [0.5, 0.6) is 0 Å². The van der Waals surface area contributed by atoms with E-state index in [0.29, 0.717) is 13.1 Å². The summed E-state index contributed by atoms with van der Waals surface area (Å²) in [5, 5.41) is 10.1. The van der Waals surface area contributed by atoms with Crippen LogP contribution in [0, 0.1) is 5.82 Å². The summed E-state index contributed by atoms with van der Waals surface area (Å²) in [6, 6.07) is 14.7. The number of aliphatic hydroxyl groups excluding tert-OH is 1. The van der Waals surface area contributed by atoms with Crippen LogP contribution in [-0.4, -0.2) is 16.6 Å². The molecule has 19 heavy (non-hydrogen) atoms. The van der Waals surface area contributed by atoms with Gasteiger partial charge in [-0.2, -0.15) is 0 Å². The second kappa shape index (κ2) is 5.11. The van der Waals surface area contributed by atoms with Crippen LogP contribution in [0.2, 0.25) is 0 Å². The quantitative estimate of drug-likeness (QED) is 0.894. The number of fused-ring (bicyclic) bond motifs is 1. The van der Waals surface area contributed by atoms with E-state index in [9.17, 15) is 9.50 Å². The van der Waals surface area contributed by atoms with E-state index in [1.165, 1.54) is 17.7 Å². The topological polar surface area (TPSA) is 23.5 Å². The summed E-state index contributed by atoms with van der Waals surface area (Å²) in [5.41, 5.74) is 2.94. The van der Waals surface area contributed by atoms with Gasteiger partial charge in [-0.05, 0) is 28.8 Å². The third-order valence-electron chi connectivity index (χ3n) is 3.54. The minimum atomic E-state index is -0.534. The smallest absolute Gasteiger partial charge is 0.123 e. The zero-order valence-corrected chi connectivity index (χ0v) is 10.6. The molecule has 0 radical (unpaired) electrons. The Labute approximate surface area is 112 Å². The third-order valence-corrected chi connectivity index (χ3v) is 3.54. The SMILES string of the molecule is OC1CN(Cc2ccccc2)Cc2cc(F)ccc21. The maximum Gasteiger partial charge on any atom is 0.123 e. The summed E-state index contributed by atoms with van der Waals surface area (Å²) in [6.07, 6.45) is -0.534. The van der Waals surface area contributed by atoms with E-state index in [0.717, 1.165) is 17.7 Å². The van der Waals surface area contributed by atoms with Crippen molar-refractivity contribution in [2.24, 2.45) is 0 Å². The zero-order chi connectivity index (χ0) is 13.2. The Morgan fingerprint density at radius 2 is 1.95 bits per heavy atom. The van der Waals surface area contributed by atoms with Crippen LogP contribution in [0.1, 0.15) is 22.8 Å². The van der Waals surface area contributed by atoms with Crippen molar-refractivity contribution in [3.8, 4) is 0 Å². The fourth-order valence-corrected chi connectivity index (χ4v) is 2.65. The van der Waals surface area contributed by atoms with Gasteiger partial charge in [0, 0.05) is 19.6 Å². The van der Waals surface area contributed by atoms with Gasteiger partial charge >= 0.3 is 0 Å². The largest absolute Gasteiger partial charge is 0.387 e. The van der Waals surface area contributed by atoms with Gasteiger partial charge in [0.05, 0.1) is 6.10 Å². The van der Waals surface area contributed by atoms with Gasteiger partial charge in [0.25, 0.3) is 0 Å². The molecule has 1 aliphatic heterocycles. The first kappa shape index (κ1) is 12.3. The van der Waals surface area contributed by atoms with E-state index in [2.05, 4.69) is 17.0 Å². The molecule has 2 aromatic carbocycles. The van der Waals surface area contributed by atoms with Gasteiger partial charge in [-0.25, -0.2) is 4.39 Å². The first-order chi connectivity index (χ1) is 9.22. The predicted octanol–water partition coefficient (Wildman–Crippen LogP) is 2.87. The Balaban J connectivity index is 1.81. The molecule has 0 fully saturated rings. The number of hydrogen-bond donors (Lipinski definition) is 1. The zero-order valence-electron chi connectivity index (χ0n) is 10.6. The first-order valence-corrected chi connectivity index (χ1v) is 6.45. The van der Waals surface area contributed by atoms with Gasteiger partial charge in [-0.3, -0.25) is 4.90 Å². The van der Waals surface area contributed by atoms with Gasteiger partial charge in [0.15, 0.2) is 0 Å². The van der Waals surface area contributed by atoms with Gasteiger partial charge in [-0.15, -0.1) is 0 Å². The van der Waals surface area contributed by atoms with Crippen molar-refractivity contribution in [3.05, 3.63) is 71.0 Å². The van der Waals surface area contributed by atoms with Crippen molar-refractivity contribution in [1.29, 1.82) is 0 Å². The second-order valence-electron chi connectivity index (χ2n) is 5.01. The molecule has 0 aliphatic carbocycles. The first-order valence-electron chi connectivity index (χ1n) is 6.45. The number of benzene rings is 2. The van der Waals surface area contributed by atoms with Crippen LogP contribution in [0.15, 0.2) is 48.5 Å². The number of aliphatic hydroxyl groups is 1. The Morgan fingerprint density at radius 1 is 1.16 bits per heavy atom. The Bertz CT molecular complexity index is 570. The predicted molar refractivity (Wildman–Crippen MR) is 71.9 cm³/mol. The summed E-state index contributed by atoms with van der Waals surface area (Å²) in [6.45, 7) is 2.04. The van der Waals surface area contributed by atoms with Crippen molar-refractivity contribution < 1.29 is 9.50 Å². The molecule has 2 aromatic rings. The van der Waals surface area contributed by atoms with E-state index in [-0.39, 0.29) is 5.82 Å². The number of nitrogens with zero attached hydrogens (tertiary/aromatic N) is 1. The molecule has 0 saturated heterocycles. The van der Waals surface area contributed by atoms with Crippen LogP contribution in [-0.2, 0) is 13.1 Å². The summed E-state index contributed by atoms with van der Waals surface area (Å²) in [4.78, 5) is 2.14. The maximum absolute atomic E-state index is 13.3. The lowest BCUT2D eigenvalue weighted by molar-refractivity contribution is 0.0880. The summed E-state index contributed by atoms with van der Waals surface area (Å²) < 4.78 is 13.3. The maximum atomic E-state index is 13.3. The molecule has 0 saturated carbocycles. The fraction of sp³-hybridized carbons (Fsp3) is 0.250. The lowest BCUT2D eigenvalue weighted by atomic mass is 9.97. The highest BCUT2D eigenvalue weighted by molar-refractivity contribution is 5.32. The molecule has 3 rings (SSSR count). The van der Waals surface area contributed by atoms with Crippen LogP contribution < -0.4 is 0 Å². The van der Waals surface area contributed by atoms with Gasteiger partial charge < -0.3 is 5.11 Å². The number of hydrogen-bond acceptors (Lipinski definition) is 2. The molecule has 3 heteroatoms. The molecule has 1 aliphatic rings. The van der Waals surface area contributed by atoms with Crippen molar-refractivity contribution in [1.82, 2.24) is 4.90 Å². The van der Waals surface area contributed by atoms with Crippen molar-refractivity contribution in [2.75, 3.05) is 6.54 Å². The molecule has 0 spiro atoms. The van der Waals surface area contributed by atoms with E-state index in [1.807, 2.05) is 18.2 Å². The van der Waals surface area contributed by atoms with Gasteiger partial charge in [0.1, 0.15) is 5.82 Å². The average molecular weight is 257 g/mol. The molecular formula is C16H16FNO. The summed E-state index contributed by atoms with van der Waals surface area (Å²) in [5.74, 6) is -0.243. The van der Waals surface area contributed by atoms with Crippen LogP contribution in [0.4, 0.5) is 4.39 Å².